The second kappa shape index (κ2) is 8.24. The summed E-state index contributed by atoms with van der Waals surface area (Å²) in [6, 6.07) is 8.01. The van der Waals surface area contributed by atoms with Crippen LogP contribution >= 0.6 is 11.6 Å². The summed E-state index contributed by atoms with van der Waals surface area (Å²) in [6.45, 7) is 4.93. The molecule has 0 fully saturated rings. The Morgan fingerprint density at radius 3 is 2.41 bits per heavy atom. The molecule has 3 rings (SSSR count). The first-order chi connectivity index (χ1) is 13.7. The Bertz CT molecular complexity index is 1170. The monoisotopic (exact) mass is 417 g/mol. The van der Waals surface area contributed by atoms with Gasteiger partial charge in [-0.3, -0.25) is 23.3 Å². The van der Waals surface area contributed by atoms with Gasteiger partial charge in [-0.05, 0) is 30.5 Å². The summed E-state index contributed by atoms with van der Waals surface area (Å²) in [5.74, 6) is -0.176. The second-order valence-electron chi connectivity index (χ2n) is 7.15. The van der Waals surface area contributed by atoms with Gasteiger partial charge in [0, 0.05) is 27.2 Å². The smallest absolute Gasteiger partial charge is 0.332 e. The molecule has 0 spiro atoms. The van der Waals surface area contributed by atoms with Gasteiger partial charge in [-0.15, -0.1) is 0 Å². The summed E-state index contributed by atoms with van der Waals surface area (Å²) in [5.41, 5.74) is 1.45. The topological polar surface area (TPSA) is 82.1 Å². The zero-order valence-corrected chi connectivity index (χ0v) is 17.7. The molecule has 0 saturated carbocycles. The lowest BCUT2D eigenvalue weighted by Crippen LogP contribution is -2.38. The Labute approximate surface area is 173 Å². The number of hydrogen-bond acceptors (Lipinski definition) is 4. The van der Waals surface area contributed by atoms with Crippen LogP contribution in [0, 0.1) is 6.92 Å². The van der Waals surface area contributed by atoms with E-state index in [1.54, 1.807) is 4.90 Å². The zero-order valence-electron chi connectivity index (χ0n) is 17.0. The van der Waals surface area contributed by atoms with E-state index in [1.165, 1.54) is 23.2 Å². The maximum Gasteiger partial charge on any atom is 0.332 e. The molecule has 8 nitrogen and oxygen atoms in total. The van der Waals surface area contributed by atoms with E-state index in [-0.39, 0.29) is 28.9 Å². The molecule has 0 bridgehead atoms. The third-order valence-electron chi connectivity index (χ3n) is 4.94. The predicted molar refractivity (Wildman–Crippen MR) is 112 cm³/mol. The molecule has 154 valence electrons. The molecule has 0 unspecified atom stereocenters. The van der Waals surface area contributed by atoms with Crippen LogP contribution in [0.3, 0.4) is 0 Å². The van der Waals surface area contributed by atoms with Crippen molar-refractivity contribution in [2.24, 2.45) is 14.1 Å². The van der Waals surface area contributed by atoms with Crippen molar-refractivity contribution in [2.75, 3.05) is 6.54 Å². The van der Waals surface area contributed by atoms with Crippen LogP contribution in [0.1, 0.15) is 24.5 Å². The first kappa shape index (κ1) is 20.9. The van der Waals surface area contributed by atoms with E-state index in [0.29, 0.717) is 13.1 Å². The number of aromatic nitrogens is 4. The molecule has 1 amide bonds. The third-order valence-corrected chi connectivity index (χ3v) is 5.22. The number of fused-ring (bicyclic) bond motifs is 1. The van der Waals surface area contributed by atoms with Gasteiger partial charge >= 0.3 is 5.69 Å². The van der Waals surface area contributed by atoms with Crippen LogP contribution in [-0.4, -0.2) is 36.0 Å². The molecule has 3 aromatic rings. The van der Waals surface area contributed by atoms with Crippen LogP contribution < -0.4 is 11.2 Å². The molecule has 1 aromatic carbocycles. The summed E-state index contributed by atoms with van der Waals surface area (Å²) in [6.07, 6.45) is 0.798. The average molecular weight is 418 g/mol. The van der Waals surface area contributed by atoms with E-state index in [2.05, 4.69) is 4.98 Å². The largest absolute Gasteiger partial charge is 0.337 e. The van der Waals surface area contributed by atoms with E-state index in [4.69, 9.17) is 11.6 Å². The molecule has 0 saturated heterocycles. The highest BCUT2D eigenvalue weighted by Gasteiger charge is 2.22. The molecule has 0 radical (unpaired) electrons. The molecule has 9 heteroatoms. The van der Waals surface area contributed by atoms with E-state index in [0.717, 1.165) is 22.1 Å². The number of aryl methyl sites for hydroxylation is 2. The third kappa shape index (κ3) is 3.98. The Hall–Kier alpha value is -2.87. The summed E-state index contributed by atoms with van der Waals surface area (Å²) < 4.78 is 3.61. The lowest BCUT2D eigenvalue weighted by atomic mass is 10.1. The van der Waals surface area contributed by atoms with Crippen LogP contribution in [0.4, 0.5) is 0 Å². The minimum absolute atomic E-state index is 0.00145. The fraction of sp³-hybridized carbons (Fsp3) is 0.400. The first-order valence-corrected chi connectivity index (χ1v) is 9.77. The van der Waals surface area contributed by atoms with Crippen molar-refractivity contribution in [1.29, 1.82) is 0 Å². The lowest BCUT2D eigenvalue weighted by molar-refractivity contribution is -0.132. The van der Waals surface area contributed by atoms with Gasteiger partial charge in [0.2, 0.25) is 11.2 Å². The van der Waals surface area contributed by atoms with Crippen molar-refractivity contribution in [1.82, 2.24) is 23.6 Å². The van der Waals surface area contributed by atoms with Crippen LogP contribution in [0.15, 0.2) is 33.9 Å². The van der Waals surface area contributed by atoms with Gasteiger partial charge in [-0.1, -0.05) is 36.8 Å². The van der Waals surface area contributed by atoms with Crippen molar-refractivity contribution < 1.29 is 4.79 Å². The van der Waals surface area contributed by atoms with E-state index >= 15 is 0 Å². The van der Waals surface area contributed by atoms with Crippen molar-refractivity contribution in [3.05, 3.63) is 61.5 Å². The highest BCUT2D eigenvalue weighted by Crippen LogP contribution is 2.17. The van der Waals surface area contributed by atoms with E-state index < -0.39 is 11.2 Å². The van der Waals surface area contributed by atoms with Gasteiger partial charge in [-0.2, -0.15) is 4.98 Å². The highest BCUT2D eigenvalue weighted by atomic mass is 35.5. The number of hydrogen-bond donors (Lipinski definition) is 0. The van der Waals surface area contributed by atoms with Crippen LogP contribution in [0.25, 0.3) is 11.2 Å². The van der Waals surface area contributed by atoms with Gasteiger partial charge in [0.1, 0.15) is 6.54 Å². The second-order valence-corrected chi connectivity index (χ2v) is 7.48. The number of amides is 1. The standard InChI is InChI=1S/C20H24ClN5O3/c1-5-10-25(11-14-8-6-13(2)7-9-14)15(27)12-26-16-17(22-19(26)21)23(3)20(29)24(4)18(16)28/h6-9H,5,10-12H2,1-4H3. The lowest BCUT2D eigenvalue weighted by Gasteiger charge is -2.23. The summed E-state index contributed by atoms with van der Waals surface area (Å²) >= 11 is 6.24. The van der Waals surface area contributed by atoms with Crippen molar-refractivity contribution in [3.63, 3.8) is 0 Å². The highest BCUT2D eigenvalue weighted by molar-refractivity contribution is 6.29. The Balaban J connectivity index is 1.97. The van der Waals surface area contributed by atoms with E-state index in [1.807, 2.05) is 38.1 Å². The van der Waals surface area contributed by atoms with Crippen molar-refractivity contribution >= 4 is 28.7 Å². The van der Waals surface area contributed by atoms with Gasteiger partial charge in [0.25, 0.3) is 5.56 Å². The van der Waals surface area contributed by atoms with Crippen molar-refractivity contribution in [2.45, 2.75) is 33.4 Å². The SMILES string of the molecule is CCCN(Cc1ccc(C)cc1)C(=O)Cn1c(Cl)nc2c1c(=O)n(C)c(=O)n2C. The number of carbonyl (C=O) groups is 1. The Kier molecular flexibility index (Phi) is 5.93. The van der Waals surface area contributed by atoms with Gasteiger partial charge in [0.15, 0.2) is 11.2 Å². The van der Waals surface area contributed by atoms with Gasteiger partial charge in [-0.25, -0.2) is 4.79 Å². The summed E-state index contributed by atoms with van der Waals surface area (Å²) in [7, 11) is 2.90. The molecule has 29 heavy (non-hydrogen) atoms. The quantitative estimate of drug-likeness (QED) is 0.573. The zero-order chi connectivity index (χ0) is 21.3. The molecule has 0 aliphatic rings. The maximum atomic E-state index is 13.1. The van der Waals surface area contributed by atoms with Crippen LogP contribution in [0.5, 0.6) is 0 Å². The minimum Gasteiger partial charge on any atom is -0.337 e. The number of rotatable bonds is 6. The van der Waals surface area contributed by atoms with Crippen LogP contribution in [-0.2, 0) is 32.0 Å². The average Bonchev–Trinajstić information content (AvgIpc) is 3.02. The Morgan fingerprint density at radius 2 is 1.79 bits per heavy atom. The molecule has 2 aromatic heterocycles. The predicted octanol–water partition coefficient (Wildman–Crippen LogP) is 1.83. The van der Waals surface area contributed by atoms with E-state index in [9.17, 15) is 14.4 Å². The minimum atomic E-state index is -0.532. The number of imidazole rings is 1. The normalized spacial score (nSPS) is 11.2. The molecule has 0 aliphatic heterocycles. The summed E-state index contributed by atoms with van der Waals surface area (Å²) in [4.78, 5) is 43.7. The number of carbonyl (C=O) groups excluding carboxylic acids is 1. The first-order valence-electron chi connectivity index (χ1n) is 9.39. The molecule has 0 aliphatic carbocycles. The maximum absolute atomic E-state index is 13.1. The molecule has 2 heterocycles. The van der Waals surface area contributed by atoms with Gasteiger partial charge < -0.3 is 4.90 Å². The fourth-order valence-electron chi connectivity index (χ4n) is 3.28. The number of nitrogens with zero attached hydrogens (tertiary/aromatic N) is 5. The molecule has 0 N–H and O–H groups in total. The van der Waals surface area contributed by atoms with Crippen LogP contribution in [0.2, 0.25) is 5.28 Å². The van der Waals surface area contributed by atoms with Gasteiger partial charge in [0.05, 0.1) is 0 Å². The fourth-order valence-corrected chi connectivity index (χ4v) is 3.50. The Morgan fingerprint density at radius 1 is 1.14 bits per heavy atom. The number of halogens is 1. The molecular weight excluding hydrogens is 394 g/mol. The molecule has 0 atom stereocenters. The van der Waals surface area contributed by atoms with Crippen molar-refractivity contribution in [3.8, 4) is 0 Å². The number of benzene rings is 1. The summed E-state index contributed by atoms with van der Waals surface area (Å²) in [5, 5.41) is -0.00145. The molecular formula is C20H24ClN5O3.